The number of benzene rings is 3. The number of hydrogen-bond acceptors (Lipinski definition) is 4. The molecule has 1 fully saturated rings. The molecule has 33 heavy (non-hydrogen) atoms. The van der Waals surface area contributed by atoms with Gasteiger partial charge in [0.2, 0.25) is 5.91 Å². The number of ether oxygens (including phenoxy) is 2. The van der Waals surface area contributed by atoms with Crippen LogP contribution in [-0.2, 0) is 11.2 Å². The molecule has 3 aromatic carbocycles. The number of para-hydroxylation sites is 1. The molecule has 3 aliphatic heterocycles. The van der Waals surface area contributed by atoms with Crippen molar-refractivity contribution in [1.82, 2.24) is 4.90 Å². The maximum Gasteiger partial charge on any atom is 0.223 e. The second-order valence-electron chi connectivity index (χ2n) is 9.11. The first-order valence-electron chi connectivity index (χ1n) is 11.8. The van der Waals surface area contributed by atoms with E-state index in [1.807, 2.05) is 30.3 Å². The fraction of sp³-hybridized carbons (Fsp3) is 0.321. The fourth-order valence-corrected chi connectivity index (χ4v) is 5.74. The smallest absolute Gasteiger partial charge is 0.223 e. The molecule has 3 aromatic rings. The number of likely N-dealkylation sites (tertiary alicyclic amines) is 1. The topological polar surface area (TPSA) is 42.0 Å². The van der Waals surface area contributed by atoms with Gasteiger partial charge < -0.3 is 19.3 Å². The highest BCUT2D eigenvalue weighted by molar-refractivity contribution is 5.80. The molecule has 0 bridgehead atoms. The van der Waals surface area contributed by atoms with Crippen LogP contribution in [0.1, 0.15) is 48.0 Å². The van der Waals surface area contributed by atoms with Gasteiger partial charge in [0.15, 0.2) is 0 Å². The van der Waals surface area contributed by atoms with Gasteiger partial charge in [-0.3, -0.25) is 4.79 Å². The number of methoxy groups -OCH3 is 1. The van der Waals surface area contributed by atoms with Crippen molar-refractivity contribution in [2.45, 2.75) is 37.8 Å². The largest absolute Gasteiger partial charge is 0.497 e. The van der Waals surface area contributed by atoms with Gasteiger partial charge in [0, 0.05) is 25.2 Å². The first-order chi connectivity index (χ1) is 16.2. The maximum atomic E-state index is 12.7. The third kappa shape index (κ3) is 3.52. The minimum absolute atomic E-state index is 0.139. The molecule has 0 saturated carbocycles. The SMILES string of the molecule is COc1ccc(Oc2cccc(C3CC(N4CCCC4=O)c4cccc5c4N3CC5)c2)cc1. The Labute approximate surface area is 194 Å². The van der Waals surface area contributed by atoms with Crippen molar-refractivity contribution in [2.75, 3.05) is 25.1 Å². The summed E-state index contributed by atoms with van der Waals surface area (Å²) in [6.45, 7) is 1.88. The lowest BCUT2D eigenvalue weighted by molar-refractivity contribution is -0.130. The average molecular weight is 441 g/mol. The van der Waals surface area contributed by atoms with Crippen LogP contribution in [-0.4, -0.2) is 31.0 Å². The third-order valence-corrected chi connectivity index (χ3v) is 7.27. The Morgan fingerprint density at radius 3 is 2.42 bits per heavy atom. The molecule has 5 nitrogen and oxygen atoms in total. The number of carbonyl (C=O) groups is 1. The van der Waals surface area contributed by atoms with Crippen molar-refractivity contribution in [3.05, 3.63) is 83.4 Å². The van der Waals surface area contributed by atoms with Gasteiger partial charge in [-0.2, -0.15) is 0 Å². The van der Waals surface area contributed by atoms with Crippen LogP contribution in [0.5, 0.6) is 17.2 Å². The number of hydrogen-bond donors (Lipinski definition) is 0. The van der Waals surface area contributed by atoms with Crippen LogP contribution in [0.2, 0.25) is 0 Å². The summed E-state index contributed by atoms with van der Waals surface area (Å²) in [5.41, 5.74) is 5.31. The van der Waals surface area contributed by atoms with E-state index in [1.165, 1.54) is 22.4 Å². The number of carbonyl (C=O) groups excluding carboxylic acids is 1. The third-order valence-electron chi connectivity index (χ3n) is 7.27. The highest BCUT2D eigenvalue weighted by atomic mass is 16.5. The van der Waals surface area contributed by atoms with Crippen molar-refractivity contribution in [3.8, 4) is 17.2 Å². The van der Waals surface area contributed by atoms with E-state index in [9.17, 15) is 4.79 Å². The Kier molecular flexibility index (Phi) is 4.97. The highest BCUT2D eigenvalue weighted by Gasteiger charge is 2.41. The summed E-state index contributed by atoms with van der Waals surface area (Å²) in [6, 6.07) is 23.1. The second-order valence-corrected chi connectivity index (χ2v) is 9.11. The average Bonchev–Trinajstić information content (AvgIpc) is 3.48. The van der Waals surface area contributed by atoms with Gasteiger partial charge in [-0.1, -0.05) is 30.3 Å². The summed E-state index contributed by atoms with van der Waals surface area (Å²) in [7, 11) is 1.66. The Hall–Kier alpha value is -3.47. The molecule has 0 N–H and O–H groups in total. The summed E-state index contributed by atoms with van der Waals surface area (Å²) in [4.78, 5) is 17.4. The molecule has 3 aliphatic rings. The molecule has 168 valence electrons. The molecule has 2 atom stereocenters. The maximum absolute atomic E-state index is 12.7. The zero-order chi connectivity index (χ0) is 22.4. The Morgan fingerprint density at radius 2 is 1.64 bits per heavy atom. The highest BCUT2D eigenvalue weighted by Crippen LogP contribution is 2.51. The molecule has 0 spiro atoms. The van der Waals surface area contributed by atoms with Crippen molar-refractivity contribution in [2.24, 2.45) is 0 Å². The van der Waals surface area contributed by atoms with Gasteiger partial charge in [-0.15, -0.1) is 0 Å². The molecule has 3 heterocycles. The number of anilines is 1. The fourth-order valence-electron chi connectivity index (χ4n) is 5.74. The minimum Gasteiger partial charge on any atom is -0.497 e. The van der Waals surface area contributed by atoms with Crippen LogP contribution in [0.15, 0.2) is 66.7 Å². The van der Waals surface area contributed by atoms with Gasteiger partial charge in [-0.25, -0.2) is 0 Å². The van der Waals surface area contributed by atoms with Crippen LogP contribution in [0, 0.1) is 0 Å². The van der Waals surface area contributed by atoms with Crippen molar-refractivity contribution >= 4 is 11.6 Å². The van der Waals surface area contributed by atoms with Crippen molar-refractivity contribution < 1.29 is 14.3 Å². The van der Waals surface area contributed by atoms with E-state index in [0.717, 1.165) is 49.6 Å². The first kappa shape index (κ1) is 20.2. The summed E-state index contributed by atoms with van der Waals surface area (Å²) in [5, 5.41) is 0. The molecule has 0 radical (unpaired) electrons. The lowest BCUT2D eigenvalue weighted by Crippen LogP contribution is -2.39. The predicted molar refractivity (Wildman–Crippen MR) is 128 cm³/mol. The van der Waals surface area contributed by atoms with Crippen LogP contribution in [0.4, 0.5) is 5.69 Å². The number of amides is 1. The zero-order valence-electron chi connectivity index (χ0n) is 18.9. The van der Waals surface area contributed by atoms with E-state index >= 15 is 0 Å². The van der Waals surface area contributed by atoms with Crippen LogP contribution >= 0.6 is 0 Å². The molecule has 1 amide bonds. The number of nitrogens with zero attached hydrogens (tertiary/aromatic N) is 2. The standard InChI is InChI=1S/C28H28N2O3/c1-32-21-10-12-22(13-11-21)33-23-7-2-6-20(17-23)25-18-26(29-15-4-9-27(29)31)24-8-3-5-19-14-16-30(25)28(19)24/h2-3,5-8,10-13,17,25-26H,4,9,14-16,18H2,1H3. The van der Waals surface area contributed by atoms with Crippen LogP contribution in [0.3, 0.4) is 0 Å². The summed E-state index contributed by atoms with van der Waals surface area (Å²) in [6.07, 6.45) is 3.60. The van der Waals surface area contributed by atoms with E-state index in [2.05, 4.69) is 46.2 Å². The number of rotatable bonds is 5. The van der Waals surface area contributed by atoms with Gasteiger partial charge in [-0.05, 0) is 72.4 Å². The molecule has 0 aromatic heterocycles. The molecular formula is C28H28N2O3. The van der Waals surface area contributed by atoms with Crippen molar-refractivity contribution in [3.63, 3.8) is 0 Å². The van der Waals surface area contributed by atoms with Gasteiger partial charge in [0.05, 0.1) is 19.2 Å². The molecule has 6 rings (SSSR count). The Balaban J connectivity index is 1.34. The van der Waals surface area contributed by atoms with E-state index in [1.54, 1.807) is 7.11 Å². The summed E-state index contributed by atoms with van der Waals surface area (Å²) < 4.78 is 11.4. The van der Waals surface area contributed by atoms with Gasteiger partial charge >= 0.3 is 0 Å². The lowest BCUT2D eigenvalue weighted by Gasteiger charge is -2.43. The molecule has 2 unspecified atom stereocenters. The van der Waals surface area contributed by atoms with E-state index in [0.29, 0.717) is 12.3 Å². The second kappa shape index (κ2) is 8.14. The Morgan fingerprint density at radius 1 is 0.818 bits per heavy atom. The lowest BCUT2D eigenvalue weighted by atomic mass is 9.86. The molecule has 5 heteroatoms. The first-order valence-corrected chi connectivity index (χ1v) is 11.8. The zero-order valence-corrected chi connectivity index (χ0v) is 18.9. The van der Waals surface area contributed by atoms with E-state index < -0.39 is 0 Å². The van der Waals surface area contributed by atoms with E-state index in [4.69, 9.17) is 9.47 Å². The van der Waals surface area contributed by atoms with Crippen LogP contribution < -0.4 is 14.4 Å². The predicted octanol–water partition coefficient (Wildman–Crippen LogP) is 5.66. The quantitative estimate of drug-likeness (QED) is 0.514. The van der Waals surface area contributed by atoms with E-state index in [-0.39, 0.29) is 12.1 Å². The van der Waals surface area contributed by atoms with Crippen molar-refractivity contribution in [1.29, 1.82) is 0 Å². The van der Waals surface area contributed by atoms with Crippen LogP contribution in [0.25, 0.3) is 0 Å². The Bertz CT molecular complexity index is 1190. The normalized spacial score (nSPS) is 21.3. The minimum atomic E-state index is 0.139. The summed E-state index contributed by atoms with van der Waals surface area (Å²) in [5.74, 6) is 2.71. The van der Waals surface area contributed by atoms with Gasteiger partial charge in [0.25, 0.3) is 0 Å². The molecule has 1 saturated heterocycles. The monoisotopic (exact) mass is 440 g/mol. The molecule has 0 aliphatic carbocycles. The van der Waals surface area contributed by atoms with Gasteiger partial charge in [0.1, 0.15) is 17.2 Å². The molecular weight excluding hydrogens is 412 g/mol. The summed E-state index contributed by atoms with van der Waals surface area (Å²) >= 11 is 0.